The second-order valence-corrected chi connectivity index (χ2v) is 7.62. The predicted molar refractivity (Wildman–Crippen MR) is 115 cm³/mol. The summed E-state index contributed by atoms with van der Waals surface area (Å²) in [7, 11) is 0. The summed E-state index contributed by atoms with van der Waals surface area (Å²) in [5.74, 6) is 0.431. The van der Waals surface area contributed by atoms with Crippen molar-refractivity contribution in [2.75, 3.05) is 6.54 Å². The van der Waals surface area contributed by atoms with E-state index < -0.39 is 5.76 Å². The smallest absolute Gasteiger partial charge is 0.420 e. The molecule has 2 N–H and O–H groups in total. The second-order valence-electron chi connectivity index (χ2n) is 7.62. The number of hydrogen-bond acceptors (Lipinski definition) is 4. The van der Waals surface area contributed by atoms with E-state index in [4.69, 9.17) is 9.15 Å². The molecule has 1 aliphatic carbocycles. The van der Waals surface area contributed by atoms with Crippen LogP contribution in [-0.4, -0.2) is 23.2 Å². The SMILES string of the molecule is O=C(NCCn1c(=O)oc2ccccc21)NCc1cccc(OC2CCCCC2)c1. The van der Waals surface area contributed by atoms with Gasteiger partial charge in [-0.1, -0.05) is 30.7 Å². The van der Waals surface area contributed by atoms with Crippen molar-refractivity contribution in [3.8, 4) is 5.75 Å². The van der Waals surface area contributed by atoms with Crippen molar-refractivity contribution < 1.29 is 13.9 Å². The Labute approximate surface area is 175 Å². The first-order valence-corrected chi connectivity index (χ1v) is 10.5. The minimum atomic E-state index is -0.423. The molecule has 4 rings (SSSR count). The van der Waals surface area contributed by atoms with Crippen molar-refractivity contribution in [1.82, 2.24) is 15.2 Å². The van der Waals surface area contributed by atoms with Crippen LogP contribution in [0.15, 0.2) is 57.7 Å². The Bertz CT molecular complexity index is 1050. The molecule has 7 nitrogen and oxygen atoms in total. The largest absolute Gasteiger partial charge is 0.490 e. The molecule has 2 aromatic carbocycles. The molecule has 158 valence electrons. The first kappa shape index (κ1) is 20.1. The van der Waals surface area contributed by atoms with Crippen LogP contribution in [-0.2, 0) is 13.1 Å². The Kier molecular flexibility index (Phi) is 6.37. The Hall–Kier alpha value is -3.22. The maximum absolute atomic E-state index is 12.1. The van der Waals surface area contributed by atoms with E-state index in [9.17, 15) is 9.59 Å². The van der Waals surface area contributed by atoms with Gasteiger partial charge in [-0.05, 0) is 55.5 Å². The van der Waals surface area contributed by atoms with Crippen molar-refractivity contribution in [3.63, 3.8) is 0 Å². The molecular weight excluding hydrogens is 382 g/mol. The summed E-state index contributed by atoms with van der Waals surface area (Å²) >= 11 is 0. The van der Waals surface area contributed by atoms with Gasteiger partial charge in [-0.2, -0.15) is 0 Å². The van der Waals surface area contributed by atoms with Gasteiger partial charge in [0.25, 0.3) is 0 Å². The molecule has 1 fully saturated rings. The summed E-state index contributed by atoms with van der Waals surface area (Å²) in [6.45, 7) is 1.07. The number of carbonyl (C=O) groups excluding carboxylic acids is 1. The van der Waals surface area contributed by atoms with Crippen molar-refractivity contribution >= 4 is 17.1 Å². The highest BCUT2D eigenvalue weighted by molar-refractivity contribution is 5.74. The third-order valence-electron chi connectivity index (χ3n) is 5.40. The van der Waals surface area contributed by atoms with Crippen molar-refractivity contribution in [2.45, 2.75) is 51.3 Å². The number of carbonyl (C=O) groups is 1. The Balaban J connectivity index is 1.24. The average molecular weight is 409 g/mol. The molecular formula is C23H27N3O4. The molecule has 0 atom stereocenters. The first-order chi connectivity index (χ1) is 14.7. The van der Waals surface area contributed by atoms with Gasteiger partial charge in [0.15, 0.2) is 5.58 Å². The standard InChI is InChI=1S/C23H27N3O4/c27-22(24-13-14-26-20-11-4-5-12-21(20)30-23(26)28)25-16-17-7-6-10-19(15-17)29-18-8-2-1-3-9-18/h4-7,10-12,15,18H,1-3,8-9,13-14,16H2,(H2,24,25,27). The molecule has 1 aliphatic rings. The van der Waals surface area contributed by atoms with E-state index in [0.717, 1.165) is 29.7 Å². The summed E-state index contributed by atoms with van der Waals surface area (Å²) in [5.41, 5.74) is 2.25. The minimum Gasteiger partial charge on any atom is -0.490 e. The molecule has 0 saturated heterocycles. The third-order valence-corrected chi connectivity index (χ3v) is 5.40. The van der Waals surface area contributed by atoms with Crippen molar-refractivity contribution in [2.24, 2.45) is 0 Å². The zero-order valence-electron chi connectivity index (χ0n) is 16.9. The van der Waals surface area contributed by atoms with Crippen LogP contribution in [0.25, 0.3) is 11.1 Å². The van der Waals surface area contributed by atoms with E-state index in [1.165, 1.54) is 23.8 Å². The fourth-order valence-electron chi connectivity index (χ4n) is 3.86. The number of ether oxygens (including phenoxy) is 1. The van der Waals surface area contributed by atoms with E-state index in [1.807, 2.05) is 42.5 Å². The maximum Gasteiger partial charge on any atom is 0.420 e. The highest BCUT2D eigenvalue weighted by Crippen LogP contribution is 2.23. The number of para-hydroxylation sites is 2. The monoisotopic (exact) mass is 409 g/mol. The lowest BCUT2D eigenvalue weighted by Gasteiger charge is -2.23. The fourth-order valence-corrected chi connectivity index (χ4v) is 3.86. The van der Waals surface area contributed by atoms with Gasteiger partial charge in [-0.25, -0.2) is 9.59 Å². The molecule has 0 bridgehead atoms. The Morgan fingerprint density at radius 3 is 2.77 bits per heavy atom. The number of urea groups is 1. The number of rotatable bonds is 7. The van der Waals surface area contributed by atoms with Crippen LogP contribution < -0.4 is 21.1 Å². The van der Waals surface area contributed by atoms with E-state index >= 15 is 0 Å². The maximum atomic E-state index is 12.1. The molecule has 1 aromatic heterocycles. The van der Waals surface area contributed by atoms with E-state index in [2.05, 4.69) is 10.6 Å². The molecule has 0 aliphatic heterocycles. The van der Waals surface area contributed by atoms with Gasteiger partial charge in [0.1, 0.15) is 5.75 Å². The van der Waals surface area contributed by atoms with Crippen LogP contribution in [0.3, 0.4) is 0 Å². The van der Waals surface area contributed by atoms with E-state index in [1.54, 1.807) is 6.07 Å². The Morgan fingerprint density at radius 1 is 1.07 bits per heavy atom. The van der Waals surface area contributed by atoms with Gasteiger partial charge in [0.2, 0.25) is 0 Å². The zero-order chi connectivity index (χ0) is 20.8. The van der Waals surface area contributed by atoms with E-state index in [0.29, 0.717) is 31.3 Å². The number of aromatic nitrogens is 1. The molecule has 30 heavy (non-hydrogen) atoms. The molecule has 7 heteroatoms. The summed E-state index contributed by atoms with van der Waals surface area (Å²) in [6, 6.07) is 14.8. The summed E-state index contributed by atoms with van der Waals surface area (Å²) in [6.07, 6.45) is 6.27. The summed E-state index contributed by atoms with van der Waals surface area (Å²) in [4.78, 5) is 24.1. The average Bonchev–Trinajstić information content (AvgIpc) is 3.08. The fraction of sp³-hybridized carbons (Fsp3) is 0.391. The third kappa shape index (κ3) is 5.03. The molecule has 1 heterocycles. The van der Waals surface area contributed by atoms with Crippen LogP contribution in [0, 0.1) is 0 Å². The number of fused-ring (bicyclic) bond motifs is 1. The number of amides is 2. The van der Waals surface area contributed by atoms with Crippen LogP contribution in [0.2, 0.25) is 0 Å². The summed E-state index contributed by atoms with van der Waals surface area (Å²) in [5, 5.41) is 5.63. The molecule has 2 amide bonds. The highest BCUT2D eigenvalue weighted by atomic mass is 16.5. The van der Waals surface area contributed by atoms with Gasteiger partial charge in [-0.3, -0.25) is 4.57 Å². The van der Waals surface area contributed by atoms with Gasteiger partial charge in [-0.15, -0.1) is 0 Å². The van der Waals surface area contributed by atoms with Crippen LogP contribution in [0.5, 0.6) is 5.75 Å². The van der Waals surface area contributed by atoms with Gasteiger partial charge >= 0.3 is 11.8 Å². The molecule has 3 aromatic rings. The lowest BCUT2D eigenvalue weighted by molar-refractivity contribution is 0.155. The molecule has 0 radical (unpaired) electrons. The number of nitrogens with zero attached hydrogens (tertiary/aromatic N) is 1. The number of hydrogen-bond donors (Lipinski definition) is 2. The summed E-state index contributed by atoms with van der Waals surface area (Å²) < 4.78 is 12.8. The van der Waals surface area contributed by atoms with Gasteiger partial charge in [0.05, 0.1) is 11.6 Å². The van der Waals surface area contributed by atoms with Crippen LogP contribution in [0.1, 0.15) is 37.7 Å². The quantitative estimate of drug-likeness (QED) is 0.621. The lowest BCUT2D eigenvalue weighted by Crippen LogP contribution is -2.37. The first-order valence-electron chi connectivity index (χ1n) is 10.5. The number of benzene rings is 2. The lowest BCUT2D eigenvalue weighted by atomic mass is 9.98. The zero-order valence-corrected chi connectivity index (χ0v) is 16.9. The number of oxazole rings is 1. The molecule has 1 saturated carbocycles. The minimum absolute atomic E-state index is 0.283. The Morgan fingerprint density at radius 2 is 1.90 bits per heavy atom. The van der Waals surface area contributed by atoms with Crippen LogP contribution >= 0.6 is 0 Å². The van der Waals surface area contributed by atoms with Gasteiger partial charge in [0, 0.05) is 19.6 Å². The van der Waals surface area contributed by atoms with Crippen molar-refractivity contribution in [1.29, 1.82) is 0 Å². The predicted octanol–water partition coefficient (Wildman–Crippen LogP) is 3.81. The van der Waals surface area contributed by atoms with Crippen LogP contribution in [0.4, 0.5) is 4.79 Å². The van der Waals surface area contributed by atoms with E-state index in [-0.39, 0.29) is 6.03 Å². The normalized spacial score (nSPS) is 14.5. The highest BCUT2D eigenvalue weighted by Gasteiger charge is 2.15. The molecule has 0 unspecified atom stereocenters. The number of nitrogens with one attached hydrogen (secondary N) is 2. The second kappa shape index (κ2) is 9.52. The molecule has 0 spiro atoms. The van der Waals surface area contributed by atoms with Crippen molar-refractivity contribution in [3.05, 3.63) is 64.6 Å². The topological polar surface area (TPSA) is 85.5 Å². The van der Waals surface area contributed by atoms with Gasteiger partial charge < -0.3 is 19.8 Å².